The quantitative estimate of drug-likeness (QED) is 0.276. The van der Waals surface area contributed by atoms with E-state index in [9.17, 15) is 4.39 Å². The van der Waals surface area contributed by atoms with Crippen LogP contribution in [0.25, 0.3) is 16.8 Å². The lowest BCUT2D eigenvalue weighted by Crippen LogP contribution is -2.46. The van der Waals surface area contributed by atoms with Crippen LogP contribution in [0.1, 0.15) is 43.2 Å². The van der Waals surface area contributed by atoms with Gasteiger partial charge in [-0.3, -0.25) is 4.98 Å². The van der Waals surface area contributed by atoms with Crippen LogP contribution in [0, 0.1) is 28.9 Å². The second-order valence-corrected chi connectivity index (χ2v) is 11.1. The number of nitrogens with two attached hydrogens (primary N) is 1. The molecule has 0 amide bonds. The van der Waals surface area contributed by atoms with Crippen LogP contribution in [0.4, 0.5) is 24.8 Å². The fourth-order valence-corrected chi connectivity index (χ4v) is 5.96. The molecule has 3 N–H and O–H groups in total. The molecule has 0 radical (unpaired) electrons. The number of alkyl halides is 1. The predicted molar refractivity (Wildman–Crippen MR) is 149 cm³/mol. The minimum Gasteiger partial charge on any atom is -0.375 e. The zero-order chi connectivity index (χ0) is 29.4. The molecule has 1 aliphatic carbocycles. The molecule has 0 spiro atoms. The van der Waals surface area contributed by atoms with E-state index < -0.39 is 17.3 Å². The van der Waals surface area contributed by atoms with Crippen LogP contribution in [0.15, 0.2) is 48.9 Å². The second kappa shape index (κ2) is 11.3. The molecule has 1 saturated carbocycles. The van der Waals surface area contributed by atoms with E-state index in [4.69, 9.17) is 20.5 Å². The van der Waals surface area contributed by atoms with Crippen LogP contribution in [-0.2, 0) is 15.1 Å². The molecule has 1 saturated heterocycles. The average Bonchev–Trinajstić information content (AvgIpc) is 3.35. The summed E-state index contributed by atoms with van der Waals surface area (Å²) in [4.78, 5) is 8.73. The molecular formula is C30H30F3N7O2. The standard InChI is InChI=1S/C30H30F3N7O2/c1-17-9-18(10-24(35)28(17)42-8-2-6-34)21-5-7-36-14-26(21)38-29-37-13-20-3-4-25(39-40(20)29)27-22(31)11-19(12-23(27)32)30(33)15-41-16-30/h3-5,7,11-14,17-18,24,28H,2,8-10,15-16,35H2,1H3,(H,37,38). The van der Waals surface area contributed by atoms with Gasteiger partial charge in [0.2, 0.25) is 5.95 Å². The first kappa shape index (κ1) is 28.1. The molecule has 12 heteroatoms. The molecular weight excluding hydrogens is 547 g/mol. The third-order valence-corrected chi connectivity index (χ3v) is 8.12. The van der Waals surface area contributed by atoms with Crippen LogP contribution in [0.5, 0.6) is 0 Å². The topological polar surface area (TPSA) is 123 Å². The van der Waals surface area contributed by atoms with Crippen molar-refractivity contribution in [3.05, 3.63) is 71.7 Å². The number of nitrogens with zero attached hydrogens (tertiary/aromatic N) is 5. The number of benzene rings is 1. The van der Waals surface area contributed by atoms with E-state index in [2.05, 4.69) is 33.4 Å². The minimum atomic E-state index is -1.90. The molecule has 218 valence electrons. The Balaban J connectivity index is 1.27. The lowest BCUT2D eigenvalue weighted by Gasteiger charge is -2.39. The van der Waals surface area contributed by atoms with Gasteiger partial charge in [0.05, 0.1) is 73.3 Å². The van der Waals surface area contributed by atoms with E-state index in [1.165, 1.54) is 10.6 Å². The predicted octanol–water partition coefficient (Wildman–Crippen LogP) is 5.15. The van der Waals surface area contributed by atoms with Crippen molar-refractivity contribution in [1.82, 2.24) is 19.6 Å². The summed E-state index contributed by atoms with van der Waals surface area (Å²) >= 11 is 0. The number of aromatic nitrogens is 4. The molecule has 42 heavy (non-hydrogen) atoms. The number of rotatable bonds is 8. The molecule has 4 unspecified atom stereocenters. The number of nitrogens with one attached hydrogen (secondary N) is 1. The molecule has 2 fully saturated rings. The maximum absolute atomic E-state index is 15.1. The highest BCUT2D eigenvalue weighted by atomic mass is 19.1. The molecule has 1 aromatic carbocycles. The molecule has 9 nitrogen and oxygen atoms in total. The van der Waals surface area contributed by atoms with E-state index in [1.807, 2.05) is 6.07 Å². The summed E-state index contributed by atoms with van der Waals surface area (Å²) in [5.74, 6) is -1.20. The fraction of sp³-hybridized carbons (Fsp3) is 0.400. The Morgan fingerprint density at radius 2 is 1.98 bits per heavy atom. The Hall–Kier alpha value is -4.05. The summed E-state index contributed by atoms with van der Waals surface area (Å²) in [6.45, 7) is 1.98. The monoisotopic (exact) mass is 577 g/mol. The number of halogens is 3. The number of anilines is 2. The van der Waals surface area contributed by atoms with Crippen LogP contribution >= 0.6 is 0 Å². The molecule has 4 aromatic rings. The highest BCUT2D eigenvalue weighted by molar-refractivity contribution is 5.66. The third-order valence-electron chi connectivity index (χ3n) is 8.12. The number of hydrogen-bond donors (Lipinski definition) is 2. The van der Waals surface area contributed by atoms with Crippen LogP contribution in [0.2, 0.25) is 0 Å². The van der Waals surface area contributed by atoms with Gasteiger partial charge in [0, 0.05) is 12.2 Å². The number of ether oxygens (including phenoxy) is 2. The fourth-order valence-electron chi connectivity index (χ4n) is 5.96. The van der Waals surface area contributed by atoms with Gasteiger partial charge in [0.1, 0.15) is 11.6 Å². The first-order valence-corrected chi connectivity index (χ1v) is 13.8. The Morgan fingerprint density at radius 3 is 2.67 bits per heavy atom. The van der Waals surface area contributed by atoms with Crippen LogP contribution in [0.3, 0.4) is 0 Å². The van der Waals surface area contributed by atoms with Crippen molar-refractivity contribution in [2.75, 3.05) is 25.1 Å². The lowest BCUT2D eigenvalue weighted by atomic mass is 9.74. The zero-order valence-electron chi connectivity index (χ0n) is 22.9. The second-order valence-electron chi connectivity index (χ2n) is 11.1. The van der Waals surface area contributed by atoms with Crippen molar-refractivity contribution in [3.8, 4) is 17.3 Å². The summed E-state index contributed by atoms with van der Waals surface area (Å²) in [5, 5.41) is 16.6. The highest BCUT2D eigenvalue weighted by Crippen LogP contribution is 2.41. The van der Waals surface area contributed by atoms with Gasteiger partial charge in [-0.2, -0.15) is 14.9 Å². The van der Waals surface area contributed by atoms with Gasteiger partial charge in [0.15, 0.2) is 5.67 Å². The van der Waals surface area contributed by atoms with Crippen molar-refractivity contribution in [3.63, 3.8) is 0 Å². The highest BCUT2D eigenvalue weighted by Gasteiger charge is 2.42. The van der Waals surface area contributed by atoms with Crippen molar-refractivity contribution >= 4 is 17.2 Å². The Morgan fingerprint density at radius 1 is 1.19 bits per heavy atom. The van der Waals surface area contributed by atoms with E-state index in [0.29, 0.717) is 36.6 Å². The molecule has 1 aliphatic heterocycles. The van der Waals surface area contributed by atoms with E-state index in [0.717, 1.165) is 24.1 Å². The van der Waals surface area contributed by atoms with E-state index in [-0.39, 0.29) is 54.0 Å². The van der Waals surface area contributed by atoms with Crippen molar-refractivity contribution in [2.24, 2.45) is 11.7 Å². The first-order chi connectivity index (χ1) is 20.3. The van der Waals surface area contributed by atoms with Crippen molar-refractivity contribution < 1.29 is 22.6 Å². The Kier molecular flexibility index (Phi) is 7.57. The van der Waals surface area contributed by atoms with Crippen LogP contribution in [-0.4, -0.2) is 51.5 Å². The molecule has 4 atom stereocenters. The summed E-state index contributed by atoms with van der Waals surface area (Å²) in [6, 6.07) is 8.98. The first-order valence-electron chi connectivity index (χ1n) is 13.8. The number of imidazole rings is 1. The SMILES string of the molecule is CC1CC(c2ccncc2Nc2ncc3ccc(-c4c(F)cc(C5(F)COC5)cc4F)nn23)CC(N)C1OCCC#N. The van der Waals surface area contributed by atoms with Gasteiger partial charge in [-0.05, 0) is 66.1 Å². The minimum absolute atomic E-state index is 0.0313. The lowest BCUT2D eigenvalue weighted by molar-refractivity contribution is -0.135. The number of nitriles is 1. The van der Waals surface area contributed by atoms with E-state index >= 15 is 8.78 Å². The summed E-state index contributed by atoms with van der Waals surface area (Å²) in [7, 11) is 0. The Bertz CT molecular complexity index is 1620. The number of pyridine rings is 1. The average molecular weight is 578 g/mol. The molecule has 4 heterocycles. The largest absolute Gasteiger partial charge is 0.375 e. The smallest absolute Gasteiger partial charge is 0.229 e. The molecule has 3 aromatic heterocycles. The van der Waals surface area contributed by atoms with Crippen molar-refractivity contribution in [2.45, 2.75) is 49.9 Å². The van der Waals surface area contributed by atoms with Gasteiger partial charge < -0.3 is 20.5 Å². The van der Waals surface area contributed by atoms with E-state index in [1.54, 1.807) is 24.7 Å². The van der Waals surface area contributed by atoms with Gasteiger partial charge in [0.25, 0.3) is 0 Å². The number of fused-ring (bicyclic) bond motifs is 1. The maximum atomic E-state index is 15.1. The third kappa shape index (κ3) is 5.19. The van der Waals surface area contributed by atoms with Gasteiger partial charge >= 0.3 is 0 Å². The molecule has 2 aliphatic rings. The molecule has 0 bridgehead atoms. The number of hydrogen-bond acceptors (Lipinski definition) is 8. The normalized spacial score (nSPS) is 23.3. The van der Waals surface area contributed by atoms with Gasteiger partial charge in [-0.15, -0.1) is 0 Å². The van der Waals surface area contributed by atoms with Gasteiger partial charge in [-0.1, -0.05) is 6.92 Å². The summed E-state index contributed by atoms with van der Waals surface area (Å²) in [6.07, 6.45) is 6.72. The van der Waals surface area contributed by atoms with Gasteiger partial charge in [-0.25, -0.2) is 18.2 Å². The van der Waals surface area contributed by atoms with Crippen LogP contribution < -0.4 is 11.1 Å². The summed E-state index contributed by atoms with van der Waals surface area (Å²) in [5.41, 5.74) is 6.52. The zero-order valence-corrected chi connectivity index (χ0v) is 22.9. The summed E-state index contributed by atoms with van der Waals surface area (Å²) < 4.78 is 57.3. The van der Waals surface area contributed by atoms with Crippen molar-refractivity contribution in [1.29, 1.82) is 5.26 Å². The maximum Gasteiger partial charge on any atom is 0.229 e. The Labute approximate surface area is 240 Å². The molecule has 6 rings (SSSR count).